The van der Waals surface area contributed by atoms with Crippen LogP contribution in [0.4, 0.5) is 5.69 Å². The fraction of sp³-hybridized carbons (Fsp3) is 0.200. The van der Waals surface area contributed by atoms with Gasteiger partial charge in [0.15, 0.2) is 0 Å². The third kappa shape index (κ3) is 2.70. The summed E-state index contributed by atoms with van der Waals surface area (Å²) < 4.78 is 0. The number of hydrogen-bond donors (Lipinski definition) is 3. The standard InChI is InChI=1S/C10H12N2O3/c1-6-3-2-4-7(10(14)15)9(6)12-5-8(11)13/h2-4,12H,5H2,1H3,(H2,11,13)(H,14,15). The summed E-state index contributed by atoms with van der Waals surface area (Å²) in [4.78, 5) is 21.4. The van der Waals surface area contributed by atoms with Crippen LogP contribution >= 0.6 is 0 Å². The van der Waals surface area contributed by atoms with Gasteiger partial charge >= 0.3 is 5.97 Å². The number of carbonyl (C=O) groups excluding carboxylic acids is 1. The number of nitrogens with two attached hydrogens (primary N) is 1. The van der Waals surface area contributed by atoms with Gasteiger partial charge in [0.25, 0.3) is 0 Å². The molecule has 15 heavy (non-hydrogen) atoms. The lowest BCUT2D eigenvalue weighted by Crippen LogP contribution is -2.23. The summed E-state index contributed by atoms with van der Waals surface area (Å²) in [5.74, 6) is -1.57. The first-order valence-corrected chi connectivity index (χ1v) is 4.37. The maximum Gasteiger partial charge on any atom is 0.337 e. The molecule has 0 aromatic heterocycles. The Morgan fingerprint density at radius 2 is 2.13 bits per heavy atom. The number of hydrogen-bond acceptors (Lipinski definition) is 3. The van der Waals surface area contributed by atoms with Gasteiger partial charge in [-0.25, -0.2) is 4.79 Å². The molecular formula is C10H12N2O3. The Labute approximate surface area is 86.9 Å². The van der Waals surface area contributed by atoms with Crippen molar-refractivity contribution in [2.45, 2.75) is 6.92 Å². The first-order chi connectivity index (χ1) is 7.02. The number of rotatable bonds is 4. The average Bonchev–Trinajstić information content (AvgIpc) is 2.15. The van der Waals surface area contributed by atoms with Crippen LogP contribution in [0.3, 0.4) is 0 Å². The zero-order valence-electron chi connectivity index (χ0n) is 8.28. The molecule has 5 heteroatoms. The minimum atomic E-state index is -1.04. The van der Waals surface area contributed by atoms with Crippen molar-refractivity contribution in [3.63, 3.8) is 0 Å². The predicted octanol–water partition coefficient (Wildman–Crippen LogP) is 0.590. The van der Waals surface area contributed by atoms with Gasteiger partial charge in [-0.1, -0.05) is 12.1 Å². The van der Waals surface area contributed by atoms with Crippen molar-refractivity contribution in [3.05, 3.63) is 29.3 Å². The van der Waals surface area contributed by atoms with E-state index in [1.54, 1.807) is 19.1 Å². The number of carboxylic acid groups (broad SMARTS) is 1. The Kier molecular flexibility index (Phi) is 3.28. The van der Waals surface area contributed by atoms with Gasteiger partial charge in [0.05, 0.1) is 17.8 Å². The zero-order valence-corrected chi connectivity index (χ0v) is 8.28. The number of aromatic carboxylic acids is 1. The first-order valence-electron chi connectivity index (χ1n) is 4.37. The van der Waals surface area contributed by atoms with Crippen molar-refractivity contribution < 1.29 is 14.7 Å². The van der Waals surface area contributed by atoms with Crippen LogP contribution in [0.15, 0.2) is 18.2 Å². The van der Waals surface area contributed by atoms with E-state index in [1.165, 1.54) is 6.07 Å². The lowest BCUT2D eigenvalue weighted by Gasteiger charge is -2.10. The van der Waals surface area contributed by atoms with E-state index in [0.29, 0.717) is 5.69 Å². The summed E-state index contributed by atoms with van der Waals surface area (Å²) in [7, 11) is 0. The van der Waals surface area contributed by atoms with Crippen molar-refractivity contribution >= 4 is 17.6 Å². The molecule has 0 aliphatic carbocycles. The van der Waals surface area contributed by atoms with E-state index in [4.69, 9.17) is 10.8 Å². The van der Waals surface area contributed by atoms with E-state index in [0.717, 1.165) is 5.56 Å². The number of carbonyl (C=O) groups is 2. The first kappa shape index (κ1) is 11.0. The molecule has 0 aliphatic rings. The van der Waals surface area contributed by atoms with E-state index >= 15 is 0 Å². The van der Waals surface area contributed by atoms with Crippen LogP contribution in [0.5, 0.6) is 0 Å². The van der Waals surface area contributed by atoms with Gasteiger partial charge in [-0.2, -0.15) is 0 Å². The second kappa shape index (κ2) is 4.45. The number of amides is 1. The molecule has 80 valence electrons. The van der Waals surface area contributed by atoms with Crippen LogP contribution in [0.2, 0.25) is 0 Å². The van der Waals surface area contributed by atoms with Crippen LogP contribution in [0, 0.1) is 6.92 Å². The Morgan fingerprint density at radius 1 is 1.47 bits per heavy atom. The summed E-state index contributed by atoms with van der Waals surface area (Å²) in [6, 6.07) is 4.88. The summed E-state index contributed by atoms with van der Waals surface area (Å²) in [5.41, 5.74) is 6.30. The van der Waals surface area contributed by atoms with E-state index in [-0.39, 0.29) is 12.1 Å². The highest BCUT2D eigenvalue weighted by Crippen LogP contribution is 2.19. The van der Waals surface area contributed by atoms with E-state index < -0.39 is 11.9 Å². The Balaban J connectivity index is 3.02. The highest BCUT2D eigenvalue weighted by Gasteiger charge is 2.11. The number of para-hydroxylation sites is 1. The van der Waals surface area contributed by atoms with Gasteiger partial charge in [0.2, 0.25) is 5.91 Å². The molecule has 0 heterocycles. The lowest BCUT2D eigenvalue weighted by molar-refractivity contribution is -0.116. The van der Waals surface area contributed by atoms with E-state index in [9.17, 15) is 9.59 Å². The van der Waals surface area contributed by atoms with Gasteiger partial charge in [-0.3, -0.25) is 4.79 Å². The number of nitrogens with one attached hydrogen (secondary N) is 1. The number of carboxylic acids is 1. The van der Waals surface area contributed by atoms with Crippen molar-refractivity contribution in [2.75, 3.05) is 11.9 Å². The Morgan fingerprint density at radius 3 is 2.67 bits per heavy atom. The van der Waals surface area contributed by atoms with Gasteiger partial charge in [-0.15, -0.1) is 0 Å². The molecule has 0 saturated carbocycles. The molecule has 0 bridgehead atoms. The maximum atomic E-state index is 10.9. The molecule has 1 rings (SSSR count). The van der Waals surface area contributed by atoms with Crippen molar-refractivity contribution in [1.82, 2.24) is 0 Å². The Hall–Kier alpha value is -2.04. The predicted molar refractivity (Wildman–Crippen MR) is 55.8 cm³/mol. The molecule has 0 atom stereocenters. The molecule has 0 aliphatic heterocycles. The molecule has 0 fully saturated rings. The number of primary amides is 1. The van der Waals surface area contributed by atoms with Gasteiger partial charge in [-0.05, 0) is 18.6 Å². The smallest absolute Gasteiger partial charge is 0.337 e. The molecule has 5 nitrogen and oxygen atoms in total. The normalized spacial score (nSPS) is 9.67. The molecule has 1 amide bonds. The van der Waals surface area contributed by atoms with Gasteiger partial charge in [0.1, 0.15) is 0 Å². The van der Waals surface area contributed by atoms with Crippen LogP contribution in [-0.2, 0) is 4.79 Å². The average molecular weight is 208 g/mol. The third-order valence-electron chi connectivity index (χ3n) is 1.94. The Bertz CT molecular complexity index is 402. The topological polar surface area (TPSA) is 92.4 Å². The van der Waals surface area contributed by atoms with Crippen molar-refractivity contribution in [3.8, 4) is 0 Å². The fourth-order valence-corrected chi connectivity index (χ4v) is 1.26. The second-order valence-electron chi connectivity index (χ2n) is 3.12. The summed E-state index contributed by atoms with van der Waals surface area (Å²) in [5, 5.41) is 11.6. The van der Waals surface area contributed by atoms with E-state index in [1.807, 2.05) is 0 Å². The molecule has 1 aromatic carbocycles. The molecule has 4 N–H and O–H groups in total. The summed E-state index contributed by atoms with van der Waals surface area (Å²) in [6.07, 6.45) is 0. The number of benzene rings is 1. The monoisotopic (exact) mass is 208 g/mol. The van der Waals surface area contributed by atoms with Crippen molar-refractivity contribution in [1.29, 1.82) is 0 Å². The quantitative estimate of drug-likeness (QED) is 0.675. The van der Waals surface area contributed by atoms with Crippen LogP contribution in [0.1, 0.15) is 15.9 Å². The lowest BCUT2D eigenvalue weighted by atomic mass is 10.1. The third-order valence-corrected chi connectivity index (χ3v) is 1.94. The second-order valence-corrected chi connectivity index (χ2v) is 3.12. The SMILES string of the molecule is Cc1cccc(C(=O)O)c1NCC(N)=O. The number of anilines is 1. The molecule has 0 radical (unpaired) electrons. The minimum Gasteiger partial charge on any atom is -0.478 e. The fourth-order valence-electron chi connectivity index (χ4n) is 1.26. The molecule has 0 unspecified atom stereocenters. The highest BCUT2D eigenvalue weighted by atomic mass is 16.4. The zero-order chi connectivity index (χ0) is 11.4. The van der Waals surface area contributed by atoms with Crippen LogP contribution in [0.25, 0.3) is 0 Å². The van der Waals surface area contributed by atoms with Crippen LogP contribution in [-0.4, -0.2) is 23.5 Å². The van der Waals surface area contributed by atoms with Gasteiger partial charge in [0, 0.05) is 0 Å². The van der Waals surface area contributed by atoms with Gasteiger partial charge < -0.3 is 16.2 Å². The molecular weight excluding hydrogens is 196 g/mol. The van der Waals surface area contributed by atoms with E-state index in [2.05, 4.69) is 5.32 Å². The molecule has 0 spiro atoms. The number of aryl methyl sites for hydroxylation is 1. The van der Waals surface area contributed by atoms with Crippen LogP contribution < -0.4 is 11.1 Å². The summed E-state index contributed by atoms with van der Waals surface area (Å²) in [6.45, 7) is 1.68. The highest BCUT2D eigenvalue weighted by molar-refractivity contribution is 5.95. The molecule has 1 aromatic rings. The largest absolute Gasteiger partial charge is 0.478 e. The van der Waals surface area contributed by atoms with Crippen molar-refractivity contribution in [2.24, 2.45) is 5.73 Å². The summed E-state index contributed by atoms with van der Waals surface area (Å²) >= 11 is 0. The molecule has 0 saturated heterocycles. The maximum absolute atomic E-state index is 10.9. The minimum absolute atomic E-state index is 0.0782.